The zero-order chi connectivity index (χ0) is 19.4. The number of hydrogen-bond acceptors (Lipinski definition) is 4. The highest BCUT2D eigenvalue weighted by molar-refractivity contribution is 6.35. The Kier molecular flexibility index (Phi) is 5.59. The molecule has 0 spiro atoms. The van der Waals surface area contributed by atoms with E-state index in [1.54, 1.807) is 31.5 Å². The first-order valence-electron chi connectivity index (χ1n) is 8.68. The van der Waals surface area contributed by atoms with E-state index in [-0.39, 0.29) is 24.1 Å². The molecule has 1 aromatic carbocycles. The summed E-state index contributed by atoms with van der Waals surface area (Å²) in [6.45, 7) is 0. The molecule has 2 aromatic rings. The number of carbonyl (C=O) groups excluding carboxylic acids is 2. The molecule has 1 aromatic heterocycles. The van der Waals surface area contributed by atoms with Crippen molar-refractivity contribution in [3.8, 4) is 5.75 Å². The second-order valence-corrected chi connectivity index (χ2v) is 6.20. The molecule has 0 saturated carbocycles. The Morgan fingerprint density at radius 2 is 2.04 bits per heavy atom. The summed E-state index contributed by atoms with van der Waals surface area (Å²) in [6, 6.07) is 4.67. The number of hydrogen-bond donors (Lipinski definition) is 2. The van der Waals surface area contributed by atoms with Crippen LogP contribution >= 0.6 is 0 Å². The monoisotopic (exact) mass is 372 g/mol. The smallest absolute Gasteiger partial charge is 0.305 e. The van der Waals surface area contributed by atoms with Crippen molar-refractivity contribution >= 4 is 29.2 Å². The third kappa shape index (κ3) is 3.86. The second-order valence-electron chi connectivity index (χ2n) is 6.20. The average molecular weight is 372 g/mol. The number of carbonyl (C=O) groups is 2. The lowest BCUT2D eigenvalue weighted by molar-refractivity contribution is -0.140. The minimum Gasteiger partial charge on any atom is -0.495 e. The van der Waals surface area contributed by atoms with E-state index < -0.39 is 0 Å². The molecule has 1 aliphatic heterocycles. The molecule has 27 heavy (non-hydrogen) atoms. The molecular formula is C20H21FN2O4. The van der Waals surface area contributed by atoms with Gasteiger partial charge in [0, 0.05) is 23.9 Å². The van der Waals surface area contributed by atoms with Gasteiger partial charge in [-0.15, -0.1) is 0 Å². The number of aromatic amines is 1. The number of methoxy groups -OCH3 is 2. The predicted molar refractivity (Wildman–Crippen MR) is 99.8 cm³/mol. The van der Waals surface area contributed by atoms with Gasteiger partial charge < -0.3 is 19.8 Å². The number of benzene rings is 1. The number of amides is 1. The number of esters is 1. The van der Waals surface area contributed by atoms with Crippen LogP contribution in [0.15, 0.2) is 24.4 Å². The number of halogens is 1. The Hall–Kier alpha value is -3.09. The van der Waals surface area contributed by atoms with Gasteiger partial charge in [-0.3, -0.25) is 9.59 Å². The summed E-state index contributed by atoms with van der Waals surface area (Å²) in [6.07, 6.45) is 5.26. The second kappa shape index (κ2) is 8.07. The molecule has 0 bridgehead atoms. The van der Waals surface area contributed by atoms with Crippen molar-refractivity contribution in [1.29, 1.82) is 0 Å². The minimum atomic E-state index is -0.368. The molecule has 2 heterocycles. The maximum absolute atomic E-state index is 14.5. The number of rotatable bonds is 7. The van der Waals surface area contributed by atoms with E-state index in [1.165, 1.54) is 13.2 Å². The van der Waals surface area contributed by atoms with Crippen molar-refractivity contribution in [1.82, 2.24) is 4.98 Å². The molecule has 1 aliphatic rings. The molecule has 142 valence electrons. The standard InChI is InChI=1S/C20H21FN2O4/c1-26-17-9-10-22-16(17)11-13-19-12(5-3-4-6-18(24)27-2)14(21)7-8-15(19)23-20(13)25/h7-11,22H,3-6H2,1-2H3,(H,23,25)/b13-11-. The van der Waals surface area contributed by atoms with E-state index in [0.29, 0.717) is 53.1 Å². The number of unbranched alkanes of at least 4 members (excludes halogenated alkanes) is 1. The van der Waals surface area contributed by atoms with Crippen LogP contribution in [0.3, 0.4) is 0 Å². The molecular weight excluding hydrogens is 351 g/mol. The van der Waals surface area contributed by atoms with Crippen LogP contribution in [0.25, 0.3) is 11.6 Å². The lowest BCUT2D eigenvalue weighted by Crippen LogP contribution is -2.04. The fourth-order valence-corrected chi connectivity index (χ4v) is 3.20. The highest BCUT2D eigenvalue weighted by Crippen LogP contribution is 2.38. The van der Waals surface area contributed by atoms with Crippen molar-refractivity contribution in [2.45, 2.75) is 25.7 Å². The van der Waals surface area contributed by atoms with Gasteiger partial charge in [0.25, 0.3) is 5.91 Å². The Morgan fingerprint density at radius 1 is 1.22 bits per heavy atom. The lowest BCUT2D eigenvalue weighted by Gasteiger charge is -2.10. The first-order valence-corrected chi connectivity index (χ1v) is 8.68. The Labute approximate surface area is 156 Å². The third-order valence-corrected chi connectivity index (χ3v) is 4.55. The van der Waals surface area contributed by atoms with Crippen LogP contribution < -0.4 is 10.1 Å². The Bertz CT molecular complexity index is 901. The fourth-order valence-electron chi connectivity index (χ4n) is 3.20. The summed E-state index contributed by atoms with van der Waals surface area (Å²) >= 11 is 0. The van der Waals surface area contributed by atoms with Crippen LogP contribution in [0.1, 0.15) is 36.1 Å². The molecule has 6 nitrogen and oxygen atoms in total. The van der Waals surface area contributed by atoms with Crippen LogP contribution in [-0.4, -0.2) is 31.1 Å². The highest BCUT2D eigenvalue weighted by atomic mass is 19.1. The van der Waals surface area contributed by atoms with Gasteiger partial charge in [0.05, 0.1) is 25.5 Å². The van der Waals surface area contributed by atoms with Crippen molar-refractivity contribution in [2.75, 3.05) is 19.5 Å². The van der Waals surface area contributed by atoms with E-state index in [0.717, 1.165) is 0 Å². The van der Waals surface area contributed by atoms with Gasteiger partial charge in [0.2, 0.25) is 0 Å². The van der Waals surface area contributed by atoms with Crippen molar-refractivity contribution in [2.24, 2.45) is 0 Å². The Morgan fingerprint density at radius 3 is 2.78 bits per heavy atom. The zero-order valence-corrected chi connectivity index (χ0v) is 15.2. The fraction of sp³-hybridized carbons (Fsp3) is 0.300. The summed E-state index contributed by atoms with van der Waals surface area (Å²) in [5, 5.41) is 2.78. The summed E-state index contributed by atoms with van der Waals surface area (Å²) in [5.41, 5.74) is 2.63. The van der Waals surface area contributed by atoms with Crippen molar-refractivity contribution < 1.29 is 23.5 Å². The SMILES string of the molecule is COC(=O)CCCCc1c(F)ccc2c1/C(=C/c1[nH]ccc1OC)C(=O)N2. The molecule has 2 N–H and O–H groups in total. The Balaban J connectivity index is 1.91. The zero-order valence-electron chi connectivity index (χ0n) is 15.2. The number of H-pyrrole nitrogens is 1. The first kappa shape index (κ1) is 18.7. The van der Waals surface area contributed by atoms with Gasteiger partial charge in [0.15, 0.2) is 0 Å². The van der Waals surface area contributed by atoms with Crippen LogP contribution in [0.5, 0.6) is 5.75 Å². The average Bonchev–Trinajstić information content (AvgIpc) is 3.24. The normalized spacial score (nSPS) is 14.2. The van der Waals surface area contributed by atoms with Gasteiger partial charge in [-0.1, -0.05) is 0 Å². The summed E-state index contributed by atoms with van der Waals surface area (Å²) in [7, 11) is 2.88. The highest BCUT2D eigenvalue weighted by Gasteiger charge is 2.29. The van der Waals surface area contributed by atoms with E-state index in [1.807, 2.05) is 0 Å². The first-order chi connectivity index (χ1) is 13.0. The van der Waals surface area contributed by atoms with Gasteiger partial charge in [-0.25, -0.2) is 4.39 Å². The summed E-state index contributed by atoms with van der Waals surface area (Å²) < 4.78 is 24.4. The van der Waals surface area contributed by atoms with Crippen LogP contribution in [-0.2, 0) is 20.7 Å². The number of ether oxygens (including phenoxy) is 2. The quantitative estimate of drug-likeness (QED) is 0.443. The van der Waals surface area contributed by atoms with E-state index >= 15 is 0 Å². The largest absolute Gasteiger partial charge is 0.495 e. The molecule has 0 fully saturated rings. The van der Waals surface area contributed by atoms with Crippen molar-refractivity contribution in [3.63, 3.8) is 0 Å². The van der Waals surface area contributed by atoms with E-state index in [2.05, 4.69) is 15.0 Å². The van der Waals surface area contributed by atoms with E-state index in [9.17, 15) is 14.0 Å². The van der Waals surface area contributed by atoms with E-state index in [4.69, 9.17) is 4.74 Å². The molecule has 7 heteroatoms. The summed E-state index contributed by atoms with van der Waals surface area (Å²) in [4.78, 5) is 26.7. The molecule has 0 saturated heterocycles. The molecule has 1 amide bonds. The van der Waals surface area contributed by atoms with Crippen LogP contribution in [0.4, 0.5) is 10.1 Å². The predicted octanol–water partition coefficient (Wildman–Crippen LogP) is 3.54. The van der Waals surface area contributed by atoms with Crippen LogP contribution in [0.2, 0.25) is 0 Å². The van der Waals surface area contributed by atoms with Gasteiger partial charge in [-0.2, -0.15) is 0 Å². The number of anilines is 1. The molecule has 0 atom stereocenters. The third-order valence-electron chi connectivity index (χ3n) is 4.55. The van der Waals surface area contributed by atoms with Crippen LogP contribution in [0, 0.1) is 5.82 Å². The molecule has 0 unspecified atom stereocenters. The van der Waals surface area contributed by atoms with Gasteiger partial charge in [-0.05, 0) is 49.1 Å². The number of aromatic nitrogens is 1. The number of fused-ring (bicyclic) bond motifs is 1. The lowest BCUT2D eigenvalue weighted by atomic mass is 9.95. The molecule has 3 rings (SSSR count). The minimum absolute atomic E-state index is 0.284. The maximum atomic E-state index is 14.5. The summed E-state index contributed by atoms with van der Waals surface area (Å²) in [5.74, 6) is -0.347. The topological polar surface area (TPSA) is 80.4 Å². The molecule has 0 radical (unpaired) electrons. The maximum Gasteiger partial charge on any atom is 0.305 e. The van der Waals surface area contributed by atoms with Gasteiger partial charge >= 0.3 is 5.97 Å². The van der Waals surface area contributed by atoms with Gasteiger partial charge in [0.1, 0.15) is 11.6 Å². The van der Waals surface area contributed by atoms with Crippen molar-refractivity contribution in [3.05, 3.63) is 47.0 Å². The molecule has 0 aliphatic carbocycles. The number of nitrogens with one attached hydrogen (secondary N) is 2.